The lowest BCUT2D eigenvalue weighted by molar-refractivity contribution is -0.145. The largest absolute Gasteiger partial charge is 0.422 e. The smallest absolute Gasteiger partial charge is 0.342 e. The molecule has 0 fully saturated rings. The molecule has 24 heavy (non-hydrogen) atoms. The van der Waals surface area contributed by atoms with Crippen LogP contribution in [-0.2, 0) is 21.5 Å². The molecule has 0 radical (unpaired) electrons. The SMILES string of the molecule is CCC(=O)C1Cc2cc(I)ccc2C12Nc1ccccc1OC2=O. The molecule has 0 saturated carbocycles. The molecule has 2 aromatic rings. The summed E-state index contributed by atoms with van der Waals surface area (Å²) in [6, 6.07) is 13.3. The molecule has 2 aliphatic rings. The molecular formula is C19H16INO3. The van der Waals surface area contributed by atoms with Gasteiger partial charge in [-0.05, 0) is 64.4 Å². The summed E-state index contributed by atoms with van der Waals surface area (Å²) in [4.78, 5) is 25.7. The van der Waals surface area contributed by atoms with Gasteiger partial charge in [0.2, 0.25) is 0 Å². The van der Waals surface area contributed by atoms with E-state index in [2.05, 4.69) is 34.0 Å². The third-order valence-electron chi connectivity index (χ3n) is 4.92. The van der Waals surface area contributed by atoms with Crippen LogP contribution in [0.15, 0.2) is 42.5 Å². The van der Waals surface area contributed by atoms with Crippen LogP contribution in [0.4, 0.5) is 5.69 Å². The Morgan fingerprint density at radius 1 is 1.33 bits per heavy atom. The van der Waals surface area contributed by atoms with Gasteiger partial charge in [-0.1, -0.05) is 25.1 Å². The van der Waals surface area contributed by atoms with Crippen molar-refractivity contribution < 1.29 is 14.3 Å². The van der Waals surface area contributed by atoms with Crippen LogP contribution in [0, 0.1) is 9.49 Å². The van der Waals surface area contributed by atoms with E-state index in [1.807, 2.05) is 37.3 Å². The molecule has 122 valence electrons. The van der Waals surface area contributed by atoms with E-state index in [-0.39, 0.29) is 5.78 Å². The normalized spacial score (nSPS) is 24.1. The average Bonchev–Trinajstić information content (AvgIpc) is 2.89. The van der Waals surface area contributed by atoms with E-state index in [0.29, 0.717) is 18.6 Å². The van der Waals surface area contributed by atoms with Gasteiger partial charge in [0.1, 0.15) is 5.78 Å². The van der Waals surface area contributed by atoms with Gasteiger partial charge in [0.05, 0.1) is 11.6 Å². The number of halogens is 1. The van der Waals surface area contributed by atoms with Crippen molar-refractivity contribution in [2.45, 2.75) is 25.3 Å². The van der Waals surface area contributed by atoms with Gasteiger partial charge in [0.25, 0.3) is 0 Å². The number of esters is 1. The maximum atomic E-state index is 13.0. The second-order valence-corrected chi connectivity index (χ2v) is 7.44. The molecule has 0 saturated heterocycles. The van der Waals surface area contributed by atoms with Crippen molar-refractivity contribution in [3.63, 3.8) is 0 Å². The minimum absolute atomic E-state index is 0.0741. The Bertz CT molecular complexity index is 863. The van der Waals surface area contributed by atoms with Gasteiger partial charge >= 0.3 is 5.97 Å². The summed E-state index contributed by atoms with van der Waals surface area (Å²) in [5.74, 6) is -0.260. The van der Waals surface area contributed by atoms with Crippen LogP contribution in [0.1, 0.15) is 24.5 Å². The second kappa shape index (κ2) is 5.58. The summed E-state index contributed by atoms with van der Waals surface area (Å²) < 4.78 is 6.72. The molecule has 1 aliphatic carbocycles. The van der Waals surface area contributed by atoms with E-state index in [4.69, 9.17) is 4.74 Å². The van der Waals surface area contributed by atoms with Gasteiger partial charge in [0, 0.05) is 9.99 Å². The summed E-state index contributed by atoms with van der Waals surface area (Å²) in [5, 5.41) is 3.37. The average molecular weight is 433 g/mol. The Balaban J connectivity index is 1.93. The summed E-state index contributed by atoms with van der Waals surface area (Å²) >= 11 is 2.25. The first-order chi connectivity index (χ1) is 11.6. The van der Waals surface area contributed by atoms with Gasteiger partial charge in [-0.15, -0.1) is 0 Å². The Morgan fingerprint density at radius 3 is 2.92 bits per heavy atom. The number of nitrogens with one attached hydrogen (secondary N) is 1. The number of ether oxygens (including phenoxy) is 1. The number of benzene rings is 2. The number of rotatable bonds is 2. The van der Waals surface area contributed by atoms with Crippen molar-refractivity contribution in [3.8, 4) is 5.75 Å². The molecule has 2 unspecified atom stereocenters. The van der Waals surface area contributed by atoms with Crippen molar-refractivity contribution in [1.29, 1.82) is 0 Å². The number of hydrogen-bond acceptors (Lipinski definition) is 4. The third-order valence-corrected chi connectivity index (χ3v) is 5.59. The number of anilines is 1. The van der Waals surface area contributed by atoms with Crippen LogP contribution in [0.5, 0.6) is 5.75 Å². The minimum atomic E-state index is -1.12. The highest BCUT2D eigenvalue weighted by Gasteiger charge is 2.58. The summed E-state index contributed by atoms with van der Waals surface area (Å²) in [6.45, 7) is 1.84. The zero-order valence-electron chi connectivity index (χ0n) is 13.1. The van der Waals surface area contributed by atoms with Gasteiger partial charge in [-0.25, -0.2) is 4.79 Å². The van der Waals surface area contributed by atoms with Crippen LogP contribution in [0.3, 0.4) is 0 Å². The predicted octanol–water partition coefficient (Wildman–Crippen LogP) is 3.67. The number of carbonyl (C=O) groups is 2. The highest BCUT2D eigenvalue weighted by Crippen LogP contribution is 2.49. The first kappa shape index (κ1) is 15.6. The molecule has 0 bridgehead atoms. The molecule has 1 aliphatic heterocycles. The number of ketones is 1. The first-order valence-electron chi connectivity index (χ1n) is 7.97. The number of para-hydroxylation sites is 2. The highest BCUT2D eigenvalue weighted by atomic mass is 127. The van der Waals surface area contributed by atoms with Gasteiger partial charge in [-0.2, -0.15) is 0 Å². The minimum Gasteiger partial charge on any atom is -0.422 e. The second-order valence-electron chi connectivity index (χ2n) is 6.20. The van der Waals surface area contributed by atoms with Crippen LogP contribution in [0.25, 0.3) is 0 Å². The van der Waals surface area contributed by atoms with Crippen molar-refractivity contribution in [1.82, 2.24) is 0 Å². The molecule has 1 spiro atoms. The van der Waals surface area contributed by atoms with E-state index < -0.39 is 17.4 Å². The molecule has 2 atom stereocenters. The van der Waals surface area contributed by atoms with Crippen molar-refractivity contribution in [3.05, 3.63) is 57.2 Å². The zero-order chi connectivity index (χ0) is 16.9. The molecule has 1 heterocycles. The third kappa shape index (κ3) is 2.10. The molecule has 4 nitrogen and oxygen atoms in total. The molecule has 1 N–H and O–H groups in total. The van der Waals surface area contributed by atoms with Crippen molar-refractivity contribution in [2.75, 3.05) is 5.32 Å². The summed E-state index contributed by atoms with van der Waals surface area (Å²) in [7, 11) is 0. The number of Topliss-reactive ketones (excluding diaryl/α,β-unsaturated/α-hetero) is 1. The molecular weight excluding hydrogens is 417 g/mol. The van der Waals surface area contributed by atoms with Gasteiger partial charge in [0.15, 0.2) is 11.3 Å². The maximum Gasteiger partial charge on any atom is 0.342 e. The lowest BCUT2D eigenvalue weighted by atomic mass is 9.79. The fourth-order valence-corrected chi connectivity index (χ4v) is 4.34. The number of hydrogen-bond donors (Lipinski definition) is 1. The first-order valence-corrected chi connectivity index (χ1v) is 9.05. The van der Waals surface area contributed by atoms with E-state index in [1.54, 1.807) is 6.07 Å². The van der Waals surface area contributed by atoms with E-state index in [9.17, 15) is 9.59 Å². The zero-order valence-corrected chi connectivity index (χ0v) is 15.3. The quantitative estimate of drug-likeness (QED) is 0.446. The molecule has 0 aromatic heterocycles. The van der Waals surface area contributed by atoms with Crippen LogP contribution in [0.2, 0.25) is 0 Å². The fourth-order valence-electron chi connectivity index (χ4n) is 3.79. The Hall–Kier alpha value is -1.89. The van der Waals surface area contributed by atoms with E-state index in [1.165, 1.54) is 0 Å². The number of carbonyl (C=O) groups excluding carboxylic acids is 2. The Kier molecular flexibility index (Phi) is 3.63. The van der Waals surface area contributed by atoms with Gasteiger partial charge < -0.3 is 10.1 Å². The Morgan fingerprint density at radius 2 is 2.12 bits per heavy atom. The van der Waals surface area contributed by atoms with Crippen molar-refractivity contribution >= 4 is 40.0 Å². The van der Waals surface area contributed by atoms with E-state index >= 15 is 0 Å². The monoisotopic (exact) mass is 433 g/mol. The van der Waals surface area contributed by atoms with Crippen LogP contribution in [-0.4, -0.2) is 11.8 Å². The lowest BCUT2D eigenvalue weighted by Gasteiger charge is -2.38. The fraction of sp³-hybridized carbons (Fsp3) is 0.263. The van der Waals surface area contributed by atoms with Crippen LogP contribution < -0.4 is 10.1 Å². The van der Waals surface area contributed by atoms with Crippen molar-refractivity contribution in [2.24, 2.45) is 5.92 Å². The standard InChI is InChI=1S/C19H16INO3/c1-2-16(22)14-10-11-9-12(20)7-8-13(11)19(14)18(23)24-17-6-4-3-5-15(17)21-19/h3-9,14,21H,2,10H2,1H3. The van der Waals surface area contributed by atoms with E-state index in [0.717, 1.165) is 20.4 Å². The predicted molar refractivity (Wildman–Crippen MR) is 99.0 cm³/mol. The topological polar surface area (TPSA) is 55.4 Å². The maximum absolute atomic E-state index is 13.0. The lowest BCUT2D eigenvalue weighted by Crippen LogP contribution is -2.54. The molecule has 5 heteroatoms. The summed E-state index contributed by atoms with van der Waals surface area (Å²) in [6.07, 6.45) is 0.956. The number of fused-ring (bicyclic) bond motifs is 3. The molecule has 0 amide bonds. The Labute approximate surface area is 153 Å². The molecule has 4 rings (SSSR count). The summed E-state index contributed by atoms with van der Waals surface area (Å²) in [5.41, 5.74) is 1.52. The highest BCUT2D eigenvalue weighted by molar-refractivity contribution is 14.1. The molecule has 2 aromatic carbocycles. The van der Waals surface area contributed by atoms with Crippen LogP contribution >= 0.6 is 22.6 Å². The van der Waals surface area contributed by atoms with Gasteiger partial charge in [-0.3, -0.25) is 4.79 Å².